The molecule has 1 unspecified atom stereocenters. The van der Waals surface area contributed by atoms with Crippen molar-refractivity contribution in [2.45, 2.75) is 40.2 Å². The number of carbonyl (C=O) groups is 1. The van der Waals surface area contributed by atoms with Crippen LogP contribution in [0.1, 0.15) is 43.1 Å². The van der Waals surface area contributed by atoms with Crippen LogP contribution in [-0.4, -0.2) is 23.4 Å². The highest BCUT2D eigenvalue weighted by molar-refractivity contribution is 5.96. The number of nitrogens with two attached hydrogens (primary N) is 1. The van der Waals surface area contributed by atoms with E-state index in [1.165, 1.54) is 12.1 Å². The number of benzene rings is 1. The number of anilines is 1. The van der Waals surface area contributed by atoms with Crippen LogP contribution in [0.5, 0.6) is 0 Å². The lowest BCUT2D eigenvalue weighted by molar-refractivity contribution is 0.0699. The molecule has 0 bridgehead atoms. The van der Waals surface area contributed by atoms with Crippen LogP contribution in [0.2, 0.25) is 0 Å². The Morgan fingerprint density at radius 1 is 1.44 bits per heavy atom. The first-order chi connectivity index (χ1) is 8.42. The SMILES string of the molecule is CCC(C)N(CC)C(=O)c1cc(N)c(F)cc1C. The summed E-state index contributed by atoms with van der Waals surface area (Å²) in [6, 6.07) is 2.90. The number of carbonyl (C=O) groups excluding carboxylic acids is 1. The molecule has 0 saturated carbocycles. The van der Waals surface area contributed by atoms with Crippen molar-refractivity contribution < 1.29 is 9.18 Å². The molecule has 0 fully saturated rings. The molecule has 0 heterocycles. The molecule has 0 aliphatic heterocycles. The Bertz CT molecular complexity index is 446. The highest BCUT2D eigenvalue weighted by Gasteiger charge is 2.21. The molecule has 2 N–H and O–H groups in total. The molecule has 0 radical (unpaired) electrons. The van der Waals surface area contributed by atoms with Crippen LogP contribution < -0.4 is 5.73 Å². The van der Waals surface area contributed by atoms with Gasteiger partial charge in [0, 0.05) is 18.2 Å². The van der Waals surface area contributed by atoms with E-state index in [1.807, 2.05) is 20.8 Å². The van der Waals surface area contributed by atoms with Crippen LogP contribution in [0.4, 0.5) is 10.1 Å². The van der Waals surface area contributed by atoms with Gasteiger partial charge in [-0.1, -0.05) is 6.92 Å². The Labute approximate surface area is 108 Å². The van der Waals surface area contributed by atoms with Crippen LogP contribution in [0.3, 0.4) is 0 Å². The second-order valence-electron chi connectivity index (χ2n) is 4.54. The molecule has 0 aliphatic carbocycles. The molecule has 0 aromatic heterocycles. The monoisotopic (exact) mass is 252 g/mol. The predicted molar refractivity (Wildman–Crippen MR) is 72.0 cm³/mol. The molecule has 1 rings (SSSR count). The lowest BCUT2D eigenvalue weighted by Gasteiger charge is -2.28. The quantitative estimate of drug-likeness (QED) is 0.837. The predicted octanol–water partition coefficient (Wildman–Crippen LogP) is 2.98. The zero-order valence-electron chi connectivity index (χ0n) is 11.5. The average molecular weight is 252 g/mol. The highest BCUT2D eigenvalue weighted by atomic mass is 19.1. The van der Waals surface area contributed by atoms with Gasteiger partial charge in [0.2, 0.25) is 0 Å². The zero-order valence-corrected chi connectivity index (χ0v) is 11.5. The molecule has 18 heavy (non-hydrogen) atoms. The van der Waals surface area contributed by atoms with Gasteiger partial charge in [-0.2, -0.15) is 0 Å². The summed E-state index contributed by atoms with van der Waals surface area (Å²) in [5.74, 6) is -0.563. The molecule has 1 aromatic rings. The molecule has 100 valence electrons. The van der Waals surface area contributed by atoms with Crippen molar-refractivity contribution in [1.82, 2.24) is 4.90 Å². The van der Waals surface area contributed by atoms with Crippen molar-refractivity contribution in [3.63, 3.8) is 0 Å². The lowest BCUT2D eigenvalue weighted by Crippen LogP contribution is -2.38. The molecule has 0 aliphatic rings. The summed E-state index contributed by atoms with van der Waals surface area (Å²) in [6.45, 7) is 8.33. The van der Waals surface area contributed by atoms with Crippen LogP contribution in [-0.2, 0) is 0 Å². The second-order valence-corrected chi connectivity index (χ2v) is 4.54. The summed E-state index contributed by atoms with van der Waals surface area (Å²) in [7, 11) is 0. The third-order valence-corrected chi connectivity index (χ3v) is 3.30. The van der Waals surface area contributed by atoms with Crippen molar-refractivity contribution in [2.24, 2.45) is 0 Å². The summed E-state index contributed by atoms with van der Waals surface area (Å²) in [5.41, 5.74) is 6.65. The number of rotatable bonds is 4. The largest absolute Gasteiger partial charge is 0.396 e. The van der Waals surface area contributed by atoms with Gasteiger partial charge in [0.25, 0.3) is 5.91 Å². The smallest absolute Gasteiger partial charge is 0.254 e. The Kier molecular flexibility index (Phi) is 4.70. The minimum Gasteiger partial charge on any atom is -0.396 e. The first-order valence-corrected chi connectivity index (χ1v) is 6.28. The van der Waals surface area contributed by atoms with Gasteiger partial charge in [-0.15, -0.1) is 0 Å². The zero-order chi connectivity index (χ0) is 13.9. The Balaban J connectivity index is 3.13. The summed E-state index contributed by atoms with van der Waals surface area (Å²) in [5, 5.41) is 0. The molecule has 0 spiro atoms. The number of hydrogen-bond acceptors (Lipinski definition) is 2. The van der Waals surface area contributed by atoms with Gasteiger partial charge < -0.3 is 10.6 Å². The summed E-state index contributed by atoms with van der Waals surface area (Å²) in [4.78, 5) is 14.2. The molecule has 1 atom stereocenters. The van der Waals surface area contributed by atoms with Crippen molar-refractivity contribution in [3.05, 3.63) is 29.1 Å². The number of halogens is 1. The summed E-state index contributed by atoms with van der Waals surface area (Å²) >= 11 is 0. The fraction of sp³-hybridized carbons (Fsp3) is 0.500. The third-order valence-electron chi connectivity index (χ3n) is 3.30. The maximum absolute atomic E-state index is 13.3. The molecule has 3 nitrogen and oxygen atoms in total. The number of amides is 1. The molecular weight excluding hydrogens is 231 g/mol. The van der Waals surface area contributed by atoms with Crippen LogP contribution in [0, 0.1) is 12.7 Å². The van der Waals surface area contributed by atoms with Gasteiger partial charge in [-0.05, 0) is 44.9 Å². The Hall–Kier alpha value is -1.58. The summed E-state index contributed by atoms with van der Waals surface area (Å²) in [6.07, 6.45) is 0.884. The van der Waals surface area contributed by atoms with Crippen molar-refractivity contribution in [3.8, 4) is 0 Å². The Morgan fingerprint density at radius 3 is 2.56 bits per heavy atom. The van der Waals surface area contributed by atoms with Crippen molar-refractivity contribution >= 4 is 11.6 Å². The van der Waals surface area contributed by atoms with E-state index in [9.17, 15) is 9.18 Å². The van der Waals surface area contributed by atoms with E-state index in [-0.39, 0.29) is 17.6 Å². The van der Waals surface area contributed by atoms with Crippen LogP contribution in [0.25, 0.3) is 0 Å². The topological polar surface area (TPSA) is 46.3 Å². The van der Waals surface area contributed by atoms with E-state index < -0.39 is 5.82 Å². The number of nitrogen functional groups attached to an aromatic ring is 1. The number of hydrogen-bond donors (Lipinski definition) is 1. The third kappa shape index (κ3) is 2.81. The van der Waals surface area contributed by atoms with E-state index >= 15 is 0 Å². The van der Waals surface area contributed by atoms with Gasteiger partial charge in [0.1, 0.15) is 5.82 Å². The van der Waals surface area contributed by atoms with Crippen molar-refractivity contribution in [1.29, 1.82) is 0 Å². The van der Waals surface area contributed by atoms with Gasteiger partial charge in [-0.3, -0.25) is 4.79 Å². The second kappa shape index (κ2) is 5.85. The Morgan fingerprint density at radius 2 is 2.06 bits per heavy atom. The average Bonchev–Trinajstić information content (AvgIpc) is 2.34. The fourth-order valence-corrected chi connectivity index (χ4v) is 1.95. The van der Waals surface area contributed by atoms with Crippen molar-refractivity contribution in [2.75, 3.05) is 12.3 Å². The molecule has 4 heteroatoms. The number of aryl methyl sites for hydroxylation is 1. The molecular formula is C14H21FN2O. The number of nitrogens with zero attached hydrogens (tertiary/aromatic N) is 1. The first-order valence-electron chi connectivity index (χ1n) is 6.28. The highest BCUT2D eigenvalue weighted by Crippen LogP contribution is 2.20. The molecule has 1 aromatic carbocycles. The van der Waals surface area contributed by atoms with E-state index in [1.54, 1.807) is 11.8 Å². The van der Waals surface area contributed by atoms with E-state index in [0.717, 1.165) is 6.42 Å². The minimum atomic E-state index is -0.476. The van der Waals surface area contributed by atoms with Crippen LogP contribution in [0.15, 0.2) is 12.1 Å². The standard InChI is InChI=1S/C14H21FN2O/c1-5-10(4)17(6-2)14(18)11-8-13(16)12(15)7-9(11)3/h7-8,10H,5-6,16H2,1-4H3. The maximum atomic E-state index is 13.3. The normalized spacial score (nSPS) is 12.3. The van der Waals surface area contributed by atoms with Crippen LogP contribution >= 0.6 is 0 Å². The van der Waals surface area contributed by atoms with Gasteiger partial charge in [-0.25, -0.2) is 4.39 Å². The maximum Gasteiger partial charge on any atom is 0.254 e. The van der Waals surface area contributed by atoms with Gasteiger partial charge in [0.05, 0.1) is 5.69 Å². The van der Waals surface area contributed by atoms with E-state index in [2.05, 4.69) is 0 Å². The first kappa shape index (κ1) is 14.5. The fourth-order valence-electron chi connectivity index (χ4n) is 1.95. The minimum absolute atomic E-state index is 0.0177. The van der Waals surface area contributed by atoms with E-state index in [0.29, 0.717) is 17.7 Å². The molecule has 0 saturated heterocycles. The van der Waals surface area contributed by atoms with Gasteiger partial charge >= 0.3 is 0 Å². The van der Waals surface area contributed by atoms with Gasteiger partial charge in [0.15, 0.2) is 0 Å². The summed E-state index contributed by atoms with van der Waals surface area (Å²) < 4.78 is 13.3. The van der Waals surface area contributed by atoms with E-state index in [4.69, 9.17) is 5.73 Å². The molecule has 1 amide bonds. The lowest BCUT2D eigenvalue weighted by atomic mass is 10.0.